The quantitative estimate of drug-likeness (QED) is 0.374. The van der Waals surface area contributed by atoms with E-state index < -0.39 is 0 Å². The molecule has 0 bridgehead atoms. The van der Waals surface area contributed by atoms with E-state index in [1.54, 1.807) is 16.7 Å². The van der Waals surface area contributed by atoms with E-state index in [9.17, 15) is 0 Å². The molecular weight excluding hydrogens is 386 g/mol. The predicted molar refractivity (Wildman–Crippen MR) is 134 cm³/mol. The number of aromatic nitrogens is 1. The maximum Gasteiger partial charge on any atom is 0.221 e. The molecule has 6 rings (SSSR count). The molecule has 1 heteroatoms. The van der Waals surface area contributed by atoms with Crippen molar-refractivity contribution in [3.63, 3.8) is 0 Å². The summed E-state index contributed by atoms with van der Waals surface area (Å²) in [5, 5.41) is 2.75. The Morgan fingerprint density at radius 3 is 2.09 bits per heavy atom. The van der Waals surface area contributed by atoms with Gasteiger partial charge in [0.1, 0.15) is 0 Å². The standard InChI is InChI=1S/C31H38N/c1-9-30-19-31(30,10-2)32-16-15-20-13-11-12-14-21(20)26(32)22-17-24-25(18-23(22)30)28(5,6)29(7,8)27(24,3)4/h11-18H,9-10,19H2,1-8H3/q+1. The van der Waals surface area contributed by atoms with Crippen molar-refractivity contribution < 1.29 is 4.57 Å². The molecule has 0 spiro atoms. The van der Waals surface area contributed by atoms with Gasteiger partial charge in [-0.1, -0.05) is 79.7 Å². The van der Waals surface area contributed by atoms with Crippen LogP contribution in [-0.2, 0) is 21.8 Å². The second-order valence-corrected chi connectivity index (χ2v) is 12.4. The van der Waals surface area contributed by atoms with Crippen LogP contribution in [0.3, 0.4) is 0 Å². The maximum absolute atomic E-state index is 2.69. The van der Waals surface area contributed by atoms with Crippen molar-refractivity contribution in [2.45, 2.75) is 96.4 Å². The number of hydrogen-bond acceptors (Lipinski definition) is 0. The highest BCUT2D eigenvalue weighted by Gasteiger charge is 2.77. The third-order valence-electron chi connectivity index (χ3n) is 11.3. The van der Waals surface area contributed by atoms with E-state index in [4.69, 9.17) is 0 Å². The topological polar surface area (TPSA) is 3.88 Å². The van der Waals surface area contributed by atoms with Gasteiger partial charge in [-0.3, -0.25) is 0 Å². The molecule has 3 aromatic rings. The summed E-state index contributed by atoms with van der Waals surface area (Å²) in [6.07, 6.45) is 6.06. The third-order valence-corrected chi connectivity index (χ3v) is 11.3. The Morgan fingerprint density at radius 2 is 1.44 bits per heavy atom. The van der Waals surface area contributed by atoms with Crippen molar-refractivity contribution in [1.29, 1.82) is 0 Å². The van der Waals surface area contributed by atoms with Crippen LogP contribution < -0.4 is 4.57 Å². The van der Waals surface area contributed by atoms with E-state index in [1.807, 2.05) is 0 Å². The number of hydrogen-bond donors (Lipinski definition) is 0. The Kier molecular flexibility index (Phi) is 3.62. The zero-order chi connectivity index (χ0) is 22.9. The summed E-state index contributed by atoms with van der Waals surface area (Å²) in [6, 6.07) is 16.6. The SMILES string of the molecule is CCC12CC1(CC)[n+]1ccc3ccccc3c1-c1cc3c(cc12)C(C)(C)C(C)(C)C3(C)C. The van der Waals surface area contributed by atoms with Crippen LogP contribution in [0.25, 0.3) is 22.0 Å². The largest absolute Gasteiger partial charge is 0.221 e. The van der Waals surface area contributed by atoms with Gasteiger partial charge < -0.3 is 0 Å². The van der Waals surface area contributed by atoms with Gasteiger partial charge in [0.25, 0.3) is 0 Å². The van der Waals surface area contributed by atoms with Crippen molar-refractivity contribution in [2.24, 2.45) is 5.41 Å². The van der Waals surface area contributed by atoms with Gasteiger partial charge >= 0.3 is 0 Å². The number of nitrogens with zero attached hydrogens (tertiary/aromatic N) is 1. The second-order valence-electron chi connectivity index (χ2n) is 12.4. The Morgan fingerprint density at radius 1 is 0.781 bits per heavy atom. The van der Waals surface area contributed by atoms with Crippen LogP contribution in [0.2, 0.25) is 0 Å². The summed E-state index contributed by atoms with van der Waals surface area (Å²) in [6.45, 7) is 19.7. The molecule has 0 saturated heterocycles. The normalized spacial score (nSPS) is 29.8. The molecule has 1 saturated carbocycles. The summed E-state index contributed by atoms with van der Waals surface area (Å²) >= 11 is 0. The highest BCUT2D eigenvalue weighted by molar-refractivity contribution is 5.95. The van der Waals surface area contributed by atoms with Gasteiger partial charge in [-0.2, -0.15) is 4.57 Å². The van der Waals surface area contributed by atoms with Crippen molar-refractivity contribution >= 4 is 10.8 Å². The van der Waals surface area contributed by atoms with Gasteiger partial charge in [-0.15, -0.1) is 0 Å². The van der Waals surface area contributed by atoms with E-state index >= 15 is 0 Å². The van der Waals surface area contributed by atoms with Gasteiger partial charge in [-0.25, -0.2) is 0 Å². The van der Waals surface area contributed by atoms with Crippen molar-refractivity contribution in [3.05, 3.63) is 65.4 Å². The van der Waals surface area contributed by atoms with E-state index in [1.165, 1.54) is 41.3 Å². The lowest BCUT2D eigenvalue weighted by Crippen LogP contribution is -2.54. The number of benzene rings is 2. The van der Waals surface area contributed by atoms with Gasteiger partial charge in [-0.05, 0) is 56.9 Å². The molecule has 0 amide bonds. The van der Waals surface area contributed by atoms with E-state index in [2.05, 4.69) is 109 Å². The van der Waals surface area contributed by atoms with E-state index in [-0.39, 0.29) is 27.2 Å². The molecule has 32 heavy (non-hydrogen) atoms. The minimum Gasteiger partial charge on any atom is -0.191 e. The molecule has 3 aliphatic rings. The van der Waals surface area contributed by atoms with E-state index in [0.717, 1.165) is 0 Å². The monoisotopic (exact) mass is 424 g/mol. The Hall–Kier alpha value is -2.15. The molecule has 1 aliphatic heterocycles. The number of rotatable bonds is 2. The first-order valence-corrected chi connectivity index (χ1v) is 12.6. The second kappa shape index (κ2) is 5.66. The molecule has 2 heterocycles. The fourth-order valence-corrected chi connectivity index (χ4v) is 7.92. The Labute approximate surface area is 193 Å². The first-order chi connectivity index (χ1) is 15.0. The molecule has 1 fully saturated rings. The van der Waals surface area contributed by atoms with Crippen LogP contribution in [0.15, 0.2) is 48.7 Å². The molecule has 0 radical (unpaired) electrons. The van der Waals surface area contributed by atoms with Gasteiger partial charge in [0.05, 0.1) is 16.4 Å². The molecule has 0 N–H and O–H groups in total. The molecule has 2 atom stereocenters. The summed E-state index contributed by atoms with van der Waals surface area (Å²) < 4.78 is 2.69. The zero-order valence-electron chi connectivity index (χ0n) is 21.2. The summed E-state index contributed by atoms with van der Waals surface area (Å²) in [5.74, 6) is 0. The lowest BCUT2D eigenvalue weighted by molar-refractivity contribution is -0.734. The molecule has 2 aliphatic carbocycles. The van der Waals surface area contributed by atoms with Crippen LogP contribution in [0.4, 0.5) is 0 Å². The molecule has 1 nitrogen and oxygen atoms in total. The first-order valence-electron chi connectivity index (χ1n) is 12.6. The lowest BCUT2D eigenvalue weighted by atomic mass is 9.59. The fourth-order valence-electron chi connectivity index (χ4n) is 7.92. The van der Waals surface area contributed by atoms with Crippen molar-refractivity contribution in [3.8, 4) is 11.3 Å². The van der Waals surface area contributed by atoms with Crippen LogP contribution in [0.1, 0.15) is 91.3 Å². The van der Waals surface area contributed by atoms with Crippen LogP contribution >= 0.6 is 0 Å². The summed E-state index contributed by atoms with van der Waals surface area (Å²) in [7, 11) is 0. The van der Waals surface area contributed by atoms with Crippen LogP contribution in [0, 0.1) is 5.41 Å². The Balaban J connectivity index is 1.78. The van der Waals surface area contributed by atoms with Gasteiger partial charge in [0.15, 0.2) is 11.7 Å². The van der Waals surface area contributed by atoms with Crippen LogP contribution in [0.5, 0.6) is 0 Å². The summed E-state index contributed by atoms with van der Waals surface area (Å²) in [4.78, 5) is 0. The zero-order valence-corrected chi connectivity index (χ0v) is 21.2. The predicted octanol–water partition coefficient (Wildman–Crippen LogP) is 7.56. The van der Waals surface area contributed by atoms with Gasteiger partial charge in [0, 0.05) is 18.9 Å². The molecule has 2 unspecified atom stereocenters. The summed E-state index contributed by atoms with van der Waals surface area (Å²) in [5.41, 5.74) is 8.64. The number of fused-ring (bicyclic) bond motifs is 9. The van der Waals surface area contributed by atoms with Crippen molar-refractivity contribution in [1.82, 2.24) is 0 Å². The highest BCUT2D eigenvalue weighted by Crippen LogP contribution is 2.70. The number of pyridine rings is 1. The maximum atomic E-state index is 2.69. The fraction of sp³-hybridized carbons (Fsp3) is 0.516. The average Bonchev–Trinajstić information content (AvgIpc) is 3.46. The molecule has 1 aromatic heterocycles. The van der Waals surface area contributed by atoms with Crippen molar-refractivity contribution in [2.75, 3.05) is 0 Å². The smallest absolute Gasteiger partial charge is 0.191 e. The van der Waals surface area contributed by atoms with Crippen LogP contribution in [-0.4, -0.2) is 0 Å². The lowest BCUT2D eigenvalue weighted by Gasteiger charge is -2.44. The Bertz CT molecular complexity index is 1310. The average molecular weight is 425 g/mol. The minimum atomic E-state index is 0.124. The van der Waals surface area contributed by atoms with E-state index in [0.29, 0.717) is 0 Å². The van der Waals surface area contributed by atoms with Gasteiger partial charge in [0.2, 0.25) is 5.69 Å². The highest BCUT2D eigenvalue weighted by atomic mass is 15.2. The minimum absolute atomic E-state index is 0.124. The molecule has 2 aromatic carbocycles. The first kappa shape index (κ1) is 20.5. The molecule has 166 valence electrons. The molecular formula is C31H38N+. The third kappa shape index (κ3) is 1.90.